The standard InChI is InChI=1S/C11H7F3N2OS/c12-11(13,14)7-3-6-5-15-10(17)16-1-2-18-8(4-7)9(6)16/h3-5H,1-2H2. The Morgan fingerprint density at radius 3 is 2.83 bits per heavy atom. The van der Waals surface area contributed by atoms with Crippen molar-refractivity contribution in [2.75, 3.05) is 5.75 Å². The molecule has 2 aromatic rings. The molecule has 0 atom stereocenters. The van der Waals surface area contributed by atoms with Gasteiger partial charge in [-0.2, -0.15) is 13.2 Å². The van der Waals surface area contributed by atoms with E-state index in [1.54, 1.807) is 0 Å². The Hall–Kier alpha value is -1.50. The van der Waals surface area contributed by atoms with Crippen molar-refractivity contribution < 1.29 is 13.2 Å². The minimum absolute atomic E-state index is 0.353. The number of hydrogen-bond donors (Lipinski definition) is 0. The van der Waals surface area contributed by atoms with E-state index in [0.29, 0.717) is 28.1 Å². The largest absolute Gasteiger partial charge is 0.416 e. The lowest BCUT2D eigenvalue weighted by Crippen LogP contribution is -2.26. The molecule has 3 nitrogen and oxygen atoms in total. The minimum atomic E-state index is -4.39. The molecule has 0 bridgehead atoms. The molecular formula is C11H7F3N2OS. The van der Waals surface area contributed by atoms with E-state index < -0.39 is 17.4 Å². The number of aryl methyl sites for hydroxylation is 1. The number of aromatic nitrogens is 2. The van der Waals surface area contributed by atoms with Gasteiger partial charge in [-0.05, 0) is 12.1 Å². The molecule has 94 valence electrons. The van der Waals surface area contributed by atoms with Crippen molar-refractivity contribution in [3.63, 3.8) is 0 Å². The van der Waals surface area contributed by atoms with Crippen molar-refractivity contribution in [2.45, 2.75) is 17.6 Å². The summed E-state index contributed by atoms with van der Waals surface area (Å²) in [6, 6.07) is 2.13. The molecule has 2 heterocycles. The van der Waals surface area contributed by atoms with Crippen LogP contribution in [-0.4, -0.2) is 15.3 Å². The first-order valence-corrected chi connectivity index (χ1v) is 6.19. The second-order valence-corrected chi connectivity index (χ2v) is 5.09. The molecule has 18 heavy (non-hydrogen) atoms. The monoisotopic (exact) mass is 272 g/mol. The number of rotatable bonds is 0. The fourth-order valence-corrected chi connectivity index (χ4v) is 3.10. The van der Waals surface area contributed by atoms with Crippen LogP contribution in [0.15, 0.2) is 28.0 Å². The maximum Gasteiger partial charge on any atom is 0.416 e. The van der Waals surface area contributed by atoms with E-state index in [1.165, 1.54) is 22.5 Å². The van der Waals surface area contributed by atoms with E-state index >= 15 is 0 Å². The lowest BCUT2D eigenvalue weighted by molar-refractivity contribution is -0.137. The summed E-state index contributed by atoms with van der Waals surface area (Å²) in [4.78, 5) is 15.7. The van der Waals surface area contributed by atoms with Crippen LogP contribution in [0.25, 0.3) is 10.9 Å². The second-order valence-electron chi connectivity index (χ2n) is 3.95. The lowest BCUT2D eigenvalue weighted by Gasteiger charge is -2.19. The molecule has 0 spiro atoms. The molecule has 1 aromatic heterocycles. The van der Waals surface area contributed by atoms with Gasteiger partial charge in [0.05, 0.1) is 11.1 Å². The van der Waals surface area contributed by atoms with Gasteiger partial charge in [0.15, 0.2) is 0 Å². The van der Waals surface area contributed by atoms with Gasteiger partial charge in [-0.1, -0.05) is 0 Å². The van der Waals surface area contributed by atoms with Crippen LogP contribution in [0.5, 0.6) is 0 Å². The Morgan fingerprint density at radius 1 is 1.33 bits per heavy atom. The molecule has 0 amide bonds. The number of nitrogens with zero attached hydrogens (tertiary/aromatic N) is 2. The highest BCUT2D eigenvalue weighted by atomic mass is 32.2. The van der Waals surface area contributed by atoms with E-state index in [9.17, 15) is 18.0 Å². The zero-order chi connectivity index (χ0) is 12.9. The summed E-state index contributed by atoms with van der Waals surface area (Å²) < 4.78 is 39.6. The van der Waals surface area contributed by atoms with Crippen LogP contribution in [0.1, 0.15) is 5.56 Å². The smallest absolute Gasteiger partial charge is 0.290 e. The summed E-state index contributed by atoms with van der Waals surface area (Å²) in [6.07, 6.45) is -3.18. The van der Waals surface area contributed by atoms with Crippen LogP contribution in [0.4, 0.5) is 13.2 Å². The number of halogens is 3. The zero-order valence-electron chi connectivity index (χ0n) is 8.99. The van der Waals surface area contributed by atoms with Gasteiger partial charge in [-0.15, -0.1) is 11.8 Å². The summed E-state index contributed by atoms with van der Waals surface area (Å²) in [5.74, 6) is 0.578. The van der Waals surface area contributed by atoms with Crippen LogP contribution >= 0.6 is 11.8 Å². The Labute approximate surface area is 104 Å². The molecule has 0 radical (unpaired) electrons. The molecule has 1 aliphatic heterocycles. The van der Waals surface area contributed by atoms with Crippen molar-refractivity contribution in [3.8, 4) is 0 Å². The Bertz CT molecular complexity index is 693. The van der Waals surface area contributed by atoms with Crippen LogP contribution < -0.4 is 5.69 Å². The van der Waals surface area contributed by atoms with Gasteiger partial charge in [-0.3, -0.25) is 4.57 Å². The summed E-state index contributed by atoms with van der Waals surface area (Å²) in [6.45, 7) is 0.478. The Kier molecular flexibility index (Phi) is 2.41. The van der Waals surface area contributed by atoms with Gasteiger partial charge < -0.3 is 0 Å². The maximum atomic E-state index is 12.7. The van der Waals surface area contributed by atoms with Crippen LogP contribution in [-0.2, 0) is 12.7 Å². The SMILES string of the molecule is O=c1ncc2cc(C(F)(F)F)cc3c2n1CCS3. The molecule has 0 aliphatic carbocycles. The third kappa shape index (κ3) is 1.69. The van der Waals surface area contributed by atoms with Gasteiger partial charge in [-0.25, -0.2) is 9.78 Å². The maximum absolute atomic E-state index is 12.7. The van der Waals surface area contributed by atoms with Crippen molar-refractivity contribution in [1.29, 1.82) is 0 Å². The van der Waals surface area contributed by atoms with Gasteiger partial charge in [0.25, 0.3) is 0 Å². The van der Waals surface area contributed by atoms with E-state index in [1.807, 2.05) is 0 Å². The molecular weight excluding hydrogens is 265 g/mol. The highest BCUT2D eigenvalue weighted by Crippen LogP contribution is 2.37. The van der Waals surface area contributed by atoms with E-state index in [0.717, 1.165) is 12.1 Å². The van der Waals surface area contributed by atoms with Gasteiger partial charge in [0.2, 0.25) is 0 Å². The van der Waals surface area contributed by atoms with Crippen molar-refractivity contribution >= 4 is 22.7 Å². The molecule has 0 saturated heterocycles. The average Bonchev–Trinajstić information content (AvgIpc) is 2.32. The zero-order valence-corrected chi connectivity index (χ0v) is 9.81. The van der Waals surface area contributed by atoms with Gasteiger partial charge >= 0.3 is 11.9 Å². The fraction of sp³-hybridized carbons (Fsp3) is 0.273. The van der Waals surface area contributed by atoms with Crippen LogP contribution in [0, 0.1) is 0 Å². The third-order valence-corrected chi connectivity index (χ3v) is 3.83. The molecule has 0 fully saturated rings. The molecule has 0 saturated carbocycles. The van der Waals surface area contributed by atoms with Crippen LogP contribution in [0.3, 0.4) is 0 Å². The minimum Gasteiger partial charge on any atom is -0.290 e. The fourth-order valence-electron chi connectivity index (χ4n) is 2.03. The van der Waals surface area contributed by atoms with E-state index in [-0.39, 0.29) is 0 Å². The van der Waals surface area contributed by atoms with E-state index in [4.69, 9.17) is 0 Å². The molecule has 1 aromatic carbocycles. The highest BCUT2D eigenvalue weighted by molar-refractivity contribution is 7.99. The summed E-state index contributed by atoms with van der Waals surface area (Å²) in [5.41, 5.74) is -0.561. The molecule has 0 unspecified atom stereocenters. The predicted octanol–water partition coefficient (Wildman–Crippen LogP) is 2.52. The van der Waals surface area contributed by atoms with Crippen molar-refractivity contribution in [1.82, 2.24) is 9.55 Å². The normalized spacial score (nSPS) is 15.1. The second kappa shape index (κ2) is 3.74. The lowest BCUT2D eigenvalue weighted by atomic mass is 10.1. The first-order valence-electron chi connectivity index (χ1n) is 5.20. The summed E-state index contributed by atoms with van der Waals surface area (Å²) in [7, 11) is 0. The van der Waals surface area contributed by atoms with Gasteiger partial charge in [0, 0.05) is 28.8 Å². The predicted molar refractivity (Wildman–Crippen MR) is 61.7 cm³/mol. The third-order valence-electron chi connectivity index (χ3n) is 2.82. The number of thioether (sulfide) groups is 1. The topological polar surface area (TPSA) is 34.9 Å². The number of alkyl halides is 3. The summed E-state index contributed by atoms with van der Waals surface area (Å²) in [5, 5.41) is 0.353. The number of benzene rings is 1. The van der Waals surface area contributed by atoms with Crippen molar-refractivity contribution in [2.24, 2.45) is 0 Å². The van der Waals surface area contributed by atoms with Gasteiger partial charge in [0.1, 0.15) is 0 Å². The molecule has 0 N–H and O–H groups in total. The van der Waals surface area contributed by atoms with Crippen LogP contribution in [0.2, 0.25) is 0 Å². The first-order chi connectivity index (χ1) is 8.47. The molecule has 3 rings (SSSR count). The highest BCUT2D eigenvalue weighted by Gasteiger charge is 2.32. The average molecular weight is 272 g/mol. The summed E-state index contributed by atoms with van der Waals surface area (Å²) >= 11 is 1.33. The molecule has 7 heteroatoms. The van der Waals surface area contributed by atoms with Crippen molar-refractivity contribution in [3.05, 3.63) is 34.4 Å². The van der Waals surface area contributed by atoms with E-state index in [2.05, 4.69) is 4.98 Å². The first kappa shape index (κ1) is 11.6. The molecule has 1 aliphatic rings. The Balaban J connectivity index is 2.40. The quantitative estimate of drug-likeness (QED) is 0.739. The Morgan fingerprint density at radius 2 is 2.11 bits per heavy atom. The number of hydrogen-bond acceptors (Lipinski definition) is 3.